The smallest absolute Gasteiger partial charge is 0.303 e. The minimum Gasteiger partial charge on any atom is -0.481 e. The zero-order valence-electron chi connectivity index (χ0n) is 28.8. The number of amides is 1. The van der Waals surface area contributed by atoms with Crippen molar-refractivity contribution >= 4 is 11.9 Å². The van der Waals surface area contributed by atoms with E-state index in [0.717, 1.165) is 32.1 Å². The summed E-state index contributed by atoms with van der Waals surface area (Å²) in [7, 11) is 0. The molecule has 0 aliphatic heterocycles. The summed E-state index contributed by atoms with van der Waals surface area (Å²) in [5.41, 5.74) is 10.9. The molecular weight excluding hydrogens is 532 g/mol. The van der Waals surface area contributed by atoms with Crippen LogP contribution in [0.4, 0.5) is 0 Å². The van der Waals surface area contributed by atoms with Gasteiger partial charge in [0.2, 0.25) is 5.91 Å². The average molecular weight is 607 g/mol. The monoisotopic (exact) mass is 607 g/mol. The molecule has 254 valence electrons. The van der Waals surface area contributed by atoms with E-state index in [9.17, 15) is 9.59 Å². The number of hydrogen-bond donors (Lipinski definition) is 3. The van der Waals surface area contributed by atoms with E-state index in [1.54, 1.807) is 0 Å². The number of carboxylic acids is 1. The molecular formula is C38H74N2O3. The summed E-state index contributed by atoms with van der Waals surface area (Å²) >= 11 is 0. The Morgan fingerprint density at radius 2 is 0.884 bits per heavy atom. The second-order valence-corrected chi connectivity index (χ2v) is 12.4. The Morgan fingerprint density at radius 1 is 0.535 bits per heavy atom. The highest BCUT2D eigenvalue weighted by molar-refractivity contribution is 5.76. The van der Waals surface area contributed by atoms with Gasteiger partial charge in [-0.25, -0.2) is 0 Å². The number of allylic oxidation sites excluding steroid dienone is 4. The third-order valence-electron chi connectivity index (χ3n) is 8.13. The third kappa shape index (κ3) is 40.4. The molecule has 1 unspecified atom stereocenters. The van der Waals surface area contributed by atoms with Crippen molar-refractivity contribution in [3.8, 4) is 0 Å². The molecule has 0 bridgehead atoms. The van der Waals surface area contributed by atoms with Crippen LogP contribution in [0.2, 0.25) is 0 Å². The molecule has 0 heterocycles. The van der Waals surface area contributed by atoms with E-state index in [0.29, 0.717) is 13.0 Å². The Kier molecular flexibility index (Phi) is 38.9. The predicted octanol–water partition coefficient (Wildman–Crippen LogP) is 11.2. The van der Waals surface area contributed by atoms with Crippen LogP contribution < -0.4 is 11.5 Å². The summed E-state index contributed by atoms with van der Waals surface area (Å²) in [5, 5.41) is 8.51. The lowest BCUT2D eigenvalue weighted by Crippen LogP contribution is -2.25. The van der Waals surface area contributed by atoms with Crippen molar-refractivity contribution < 1.29 is 14.7 Å². The Labute approximate surface area is 268 Å². The lowest BCUT2D eigenvalue weighted by molar-refractivity contribution is -0.137. The molecule has 0 spiro atoms. The quantitative estimate of drug-likeness (QED) is 0.0523. The van der Waals surface area contributed by atoms with Gasteiger partial charge in [0.25, 0.3) is 0 Å². The topological polar surface area (TPSA) is 106 Å². The maximum Gasteiger partial charge on any atom is 0.303 e. The molecule has 0 fully saturated rings. The highest BCUT2D eigenvalue weighted by Gasteiger charge is 2.13. The molecule has 0 aromatic heterocycles. The van der Waals surface area contributed by atoms with Crippen molar-refractivity contribution in [1.29, 1.82) is 0 Å². The Balaban J connectivity index is 0. The van der Waals surface area contributed by atoms with Crippen LogP contribution >= 0.6 is 0 Å². The van der Waals surface area contributed by atoms with Gasteiger partial charge in [0.05, 0.1) is 0 Å². The maximum atomic E-state index is 11.2. The first-order chi connectivity index (χ1) is 21.0. The number of carboxylic acid groups (broad SMARTS) is 1. The van der Waals surface area contributed by atoms with Gasteiger partial charge in [-0.05, 0) is 77.2 Å². The van der Waals surface area contributed by atoms with Crippen molar-refractivity contribution in [2.24, 2.45) is 17.4 Å². The molecule has 43 heavy (non-hydrogen) atoms. The summed E-state index contributed by atoms with van der Waals surface area (Å²) in [4.78, 5) is 21.5. The highest BCUT2D eigenvalue weighted by Crippen LogP contribution is 2.15. The van der Waals surface area contributed by atoms with Crippen LogP contribution in [0.1, 0.15) is 194 Å². The molecule has 0 saturated heterocycles. The number of carbonyl (C=O) groups is 2. The minimum atomic E-state index is -0.664. The summed E-state index contributed by atoms with van der Waals surface area (Å²) in [5.74, 6) is -0.868. The van der Waals surface area contributed by atoms with Crippen molar-refractivity contribution in [1.82, 2.24) is 0 Å². The van der Waals surface area contributed by atoms with Crippen LogP contribution in [0.25, 0.3) is 0 Å². The summed E-state index contributed by atoms with van der Waals surface area (Å²) in [6.07, 6.45) is 43.0. The summed E-state index contributed by atoms with van der Waals surface area (Å²) < 4.78 is 0. The fourth-order valence-corrected chi connectivity index (χ4v) is 5.26. The number of rotatable bonds is 32. The maximum absolute atomic E-state index is 11.2. The zero-order chi connectivity index (χ0) is 32.1. The molecule has 5 nitrogen and oxygen atoms in total. The molecule has 1 atom stereocenters. The molecule has 0 aliphatic carbocycles. The van der Waals surface area contributed by atoms with Crippen LogP contribution in [0.3, 0.4) is 0 Å². The summed E-state index contributed by atoms with van der Waals surface area (Å²) in [6, 6.07) is 0. The van der Waals surface area contributed by atoms with Gasteiger partial charge in [0.1, 0.15) is 0 Å². The van der Waals surface area contributed by atoms with Crippen LogP contribution in [0.5, 0.6) is 0 Å². The molecule has 0 saturated carbocycles. The van der Waals surface area contributed by atoms with E-state index >= 15 is 0 Å². The first-order valence-corrected chi connectivity index (χ1v) is 18.5. The molecule has 5 N–H and O–H groups in total. The fourth-order valence-electron chi connectivity index (χ4n) is 5.26. The molecule has 1 amide bonds. The van der Waals surface area contributed by atoms with E-state index in [4.69, 9.17) is 16.6 Å². The predicted molar refractivity (Wildman–Crippen MR) is 188 cm³/mol. The second kappa shape index (κ2) is 38.4. The lowest BCUT2D eigenvalue weighted by atomic mass is 9.96. The largest absolute Gasteiger partial charge is 0.481 e. The molecule has 0 radical (unpaired) electrons. The van der Waals surface area contributed by atoms with E-state index in [2.05, 4.69) is 38.2 Å². The number of aliphatic carboxylic acids is 1. The highest BCUT2D eigenvalue weighted by atomic mass is 16.4. The third-order valence-corrected chi connectivity index (χ3v) is 8.13. The molecule has 0 aliphatic rings. The number of hydrogen-bond acceptors (Lipinski definition) is 3. The van der Waals surface area contributed by atoms with Gasteiger partial charge < -0.3 is 16.6 Å². The Bertz CT molecular complexity index is 633. The number of primary amides is 1. The van der Waals surface area contributed by atoms with E-state index in [-0.39, 0.29) is 11.8 Å². The van der Waals surface area contributed by atoms with Crippen molar-refractivity contribution in [2.75, 3.05) is 6.54 Å². The molecule has 0 rings (SSSR count). The number of unbranched alkanes of at least 4 members (excludes halogenated alkanes) is 21. The first kappa shape index (κ1) is 43.5. The van der Waals surface area contributed by atoms with Crippen molar-refractivity contribution in [2.45, 2.75) is 194 Å². The van der Waals surface area contributed by atoms with Gasteiger partial charge in [0, 0.05) is 12.3 Å². The van der Waals surface area contributed by atoms with Gasteiger partial charge in [0.15, 0.2) is 0 Å². The number of carbonyl (C=O) groups excluding carboxylic acids is 1. The van der Waals surface area contributed by atoms with Gasteiger partial charge in [-0.3, -0.25) is 9.59 Å². The van der Waals surface area contributed by atoms with E-state index in [1.165, 1.54) is 141 Å². The number of nitrogens with two attached hydrogens (primary N) is 2. The normalized spacial score (nSPS) is 12.1. The Morgan fingerprint density at radius 3 is 1.23 bits per heavy atom. The van der Waals surface area contributed by atoms with E-state index in [1.807, 2.05) is 0 Å². The standard InChI is InChI=1S/C20H40N2O.C18H34O2/c1-2-3-4-5-6-7-8-9-10-11-12-13-14-15-16-19(17-18-21)20(22)23;1-2-3-4-5-6-7-8-9-10-11-12-13-14-15-16-17-18(19)20/h9-10,19H,2-8,11-18,21H2,1H3,(H2,22,23);9-10H,2-8,11-17H2,1H3,(H,19,20)/b2*10-9-. The SMILES string of the molecule is CCCCCCCC/C=C\CCCCCCC(CCN)C(N)=O.CCCCCCCC/C=C\CCCCCCCC(=O)O. The van der Waals surface area contributed by atoms with Crippen LogP contribution in [0, 0.1) is 5.92 Å². The summed E-state index contributed by atoms with van der Waals surface area (Å²) in [6.45, 7) is 5.07. The molecule has 5 heteroatoms. The minimum absolute atomic E-state index is 0.0165. The zero-order valence-corrected chi connectivity index (χ0v) is 28.8. The first-order valence-electron chi connectivity index (χ1n) is 18.5. The fraction of sp³-hybridized carbons (Fsp3) is 0.842. The molecule has 0 aromatic rings. The molecule has 0 aromatic carbocycles. The van der Waals surface area contributed by atoms with Crippen molar-refractivity contribution in [3.63, 3.8) is 0 Å². The van der Waals surface area contributed by atoms with Crippen molar-refractivity contribution in [3.05, 3.63) is 24.3 Å². The van der Waals surface area contributed by atoms with Gasteiger partial charge in [-0.1, -0.05) is 141 Å². The van der Waals surface area contributed by atoms with Gasteiger partial charge in [-0.15, -0.1) is 0 Å². The van der Waals surface area contributed by atoms with Gasteiger partial charge in [-0.2, -0.15) is 0 Å². The lowest BCUT2D eigenvalue weighted by Gasteiger charge is -2.11. The Hall–Kier alpha value is -1.62. The average Bonchev–Trinajstić information content (AvgIpc) is 2.98. The van der Waals surface area contributed by atoms with Gasteiger partial charge >= 0.3 is 5.97 Å². The second-order valence-electron chi connectivity index (χ2n) is 12.4. The van der Waals surface area contributed by atoms with Crippen LogP contribution in [-0.2, 0) is 9.59 Å². The van der Waals surface area contributed by atoms with E-state index < -0.39 is 5.97 Å². The van der Waals surface area contributed by atoms with Crippen LogP contribution in [-0.4, -0.2) is 23.5 Å². The van der Waals surface area contributed by atoms with Crippen LogP contribution in [0.15, 0.2) is 24.3 Å².